The van der Waals surface area contributed by atoms with E-state index >= 15 is 0 Å². The number of methoxy groups -OCH3 is 1. The molecule has 0 bridgehead atoms. The van der Waals surface area contributed by atoms with Gasteiger partial charge in [-0.2, -0.15) is 4.72 Å². The summed E-state index contributed by atoms with van der Waals surface area (Å²) in [6.45, 7) is 0.527. The van der Waals surface area contributed by atoms with Crippen molar-refractivity contribution in [2.24, 2.45) is 0 Å². The fourth-order valence-electron chi connectivity index (χ4n) is 2.17. The summed E-state index contributed by atoms with van der Waals surface area (Å²) < 4.78 is 49.8. The van der Waals surface area contributed by atoms with Gasteiger partial charge in [-0.15, -0.1) is 0 Å². The quantitative estimate of drug-likeness (QED) is 0.642. The van der Waals surface area contributed by atoms with Crippen LogP contribution in [0.5, 0.6) is 5.75 Å². The topological polar surface area (TPSA) is 111 Å². The smallest absolute Gasteiger partial charge is 0.321 e. The minimum atomic E-state index is -3.94. The van der Waals surface area contributed by atoms with Crippen LogP contribution in [0.1, 0.15) is 12.5 Å². The third-order valence-corrected chi connectivity index (χ3v) is 4.92. The number of halogens is 1. The molecule has 10 heteroatoms. The molecule has 8 nitrogen and oxygen atoms in total. The van der Waals surface area contributed by atoms with Crippen molar-refractivity contribution in [2.45, 2.75) is 18.4 Å². The van der Waals surface area contributed by atoms with Gasteiger partial charge in [0.25, 0.3) is 0 Å². The van der Waals surface area contributed by atoms with Crippen molar-refractivity contribution in [2.75, 3.05) is 19.0 Å². The summed E-state index contributed by atoms with van der Waals surface area (Å²) in [6.07, 6.45) is 0. The van der Waals surface area contributed by atoms with E-state index in [1.165, 1.54) is 50.4 Å². The number of hydrogen-bond acceptors (Lipinski definition) is 6. The van der Waals surface area contributed by atoms with Gasteiger partial charge in [-0.3, -0.25) is 9.59 Å². The maximum Gasteiger partial charge on any atom is 0.321 e. The van der Waals surface area contributed by atoms with Crippen LogP contribution in [0.25, 0.3) is 0 Å². The molecular formula is C18H19FN2O6S. The number of sulfonamides is 1. The molecule has 0 aliphatic rings. The van der Waals surface area contributed by atoms with Gasteiger partial charge in [-0.05, 0) is 42.0 Å². The fourth-order valence-corrected chi connectivity index (χ4v) is 3.14. The van der Waals surface area contributed by atoms with Crippen LogP contribution >= 0.6 is 0 Å². The Bertz CT molecular complexity index is 961. The maximum absolute atomic E-state index is 13.6. The first-order chi connectivity index (χ1) is 13.2. The molecule has 0 aliphatic carbocycles. The van der Waals surface area contributed by atoms with E-state index in [1.54, 1.807) is 0 Å². The van der Waals surface area contributed by atoms with Crippen LogP contribution in [0.4, 0.5) is 10.1 Å². The molecule has 0 atom stereocenters. The summed E-state index contributed by atoms with van der Waals surface area (Å²) in [5, 5.41) is 2.51. The summed E-state index contributed by atoms with van der Waals surface area (Å²) in [4.78, 5) is 22.7. The molecular weight excluding hydrogens is 391 g/mol. The third-order valence-electron chi connectivity index (χ3n) is 3.51. The first-order valence-electron chi connectivity index (χ1n) is 8.06. The number of carbonyl (C=O) groups is 2. The molecule has 1 amide bonds. The Balaban J connectivity index is 1.88. The highest BCUT2D eigenvalue weighted by atomic mass is 32.2. The van der Waals surface area contributed by atoms with E-state index in [-0.39, 0.29) is 23.2 Å². The first-order valence-corrected chi connectivity index (χ1v) is 9.55. The van der Waals surface area contributed by atoms with Crippen LogP contribution in [0.3, 0.4) is 0 Å². The summed E-state index contributed by atoms with van der Waals surface area (Å²) in [5.41, 5.74) is 0.834. The molecule has 0 radical (unpaired) electrons. The minimum absolute atomic E-state index is 0.0624. The summed E-state index contributed by atoms with van der Waals surface area (Å²) >= 11 is 0. The van der Waals surface area contributed by atoms with Crippen LogP contribution < -0.4 is 14.8 Å². The van der Waals surface area contributed by atoms with Crippen LogP contribution in [0, 0.1) is 5.82 Å². The van der Waals surface area contributed by atoms with Gasteiger partial charge in [0, 0.05) is 12.6 Å². The number of anilines is 1. The highest BCUT2D eigenvalue weighted by Crippen LogP contribution is 2.18. The molecule has 150 valence electrons. The second-order valence-corrected chi connectivity index (χ2v) is 7.43. The molecule has 0 heterocycles. The van der Waals surface area contributed by atoms with Crippen LogP contribution in [-0.4, -0.2) is 33.9 Å². The predicted molar refractivity (Wildman–Crippen MR) is 98.7 cm³/mol. The average Bonchev–Trinajstić information content (AvgIpc) is 2.65. The summed E-state index contributed by atoms with van der Waals surface area (Å²) in [5.74, 6) is -1.64. The van der Waals surface area contributed by atoms with E-state index in [4.69, 9.17) is 9.47 Å². The Morgan fingerprint density at radius 2 is 1.79 bits per heavy atom. The van der Waals surface area contributed by atoms with Gasteiger partial charge in [0.1, 0.15) is 13.2 Å². The van der Waals surface area contributed by atoms with Gasteiger partial charge in [-0.1, -0.05) is 6.07 Å². The number of rotatable bonds is 8. The molecule has 0 saturated carbocycles. The van der Waals surface area contributed by atoms with Gasteiger partial charge in [0.15, 0.2) is 11.6 Å². The zero-order valence-electron chi connectivity index (χ0n) is 15.2. The number of carbonyl (C=O) groups excluding carboxylic acids is 2. The maximum atomic E-state index is 13.6. The van der Waals surface area contributed by atoms with Gasteiger partial charge in [0.2, 0.25) is 15.9 Å². The monoisotopic (exact) mass is 410 g/mol. The van der Waals surface area contributed by atoms with E-state index in [9.17, 15) is 22.4 Å². The van der Waals surface area contributed by atoms with Crippen molar-refractivity contribution in [1.82, 2.24) is 4.72 Å². The minimum Gasteiger partial charge on any atom is -0.494 e. The fraction of sp³-hybridized carbons (Fsp3) is 0.222. The number of hydrogen-bond donors (Lipinski definition) is 2. The Labute approximate surface area is 161 Å². The van der Waals surface area contributed by atoms with Crippen molar-refractivity contribution >= 4 is 27.6 Å². The second-order valence-electron chi connectivity index (χ2n) is 5.66. The van der Waals surface area contributed by atoms with Crippen molar-refractivity contribution in [3.63, 3.8) is 0 Å². The molecule has 28 heavy (non-hydrogen) atoms. The molecule has 2 aromatic carbocycles. The lowest BCUT2D eigenvalue weighted by atomic mass is 10.2. The third kappa shape index (κ3) is 6.03. The molecule has 0 unspecified atom stereocenters. The van der Waals surface area contributed by atoms with Crippen molar-refractivity contribution in [1.29, 1.82) is 0 Å². The zero-order chi connectivity index (χ0) is 20.7. The largest absolute Gasteiger partial charge is 0.494 e. The molecule has 2 aromatic rings. The lowest BCUT2D eigenvalue weighted by Crippen LogP contribution is -2.30. The first kappa shape index (κ1) is 21.3. The number of nitrogens with one attached hydrogen (secondary N) is 2. The summed E-state index contributed by atoms with van der Waals surface area (Å²) in [7, 11) is -2.61. The standard InChI is InChI=1S/C18H19FN2O6S/c1-12(22)21-14-4-6-15(7-5-14)28(24,25)20-10-18(23)27-11-13-3-8-17(26-2)16(19)9-13/h3-9,20H,10-11H2,1-2H3,(H,21,22). The summed E-state index contributed by atoms with van der Waals surface area (Å²) in [6, 6.07) is 9.51. The number of amides is 1. The molecule has 2 N–H and O–H groups in total. The SMILES string of the molecule is COc1ccc(COC(=O)CNS(=O)(=O)c2ccc(NC(C)=O)cc2)cc1F. The van der Waals surface area contributed by atoms with Crippen molar-refractivity contribution in [3.8, 4) is 5.75 Å². The highest BCUT2D eigenvalue weighted by molar-refractivity contribution is 7.89. The van der Waals surface area contributed by atoms with E-state index < -0.39 is 28.4 Å². The average molecular weight is 410 g/mol. The highest BCUT2D eigenvalue weighted by Gasteiger charge is 2.16. The second kappa shape index (κ2) is 9.29. The van der Waals surface area contributed by atoms with E-state index in [2.05, 4.69) is 10.0 Å². The number of esters is 1. The molecule has 0 aromatic heterocycles. The molecule has 0 spiro atoms. The Hall–Kier alpha value is -2.98. The van der Waals surface area contributed by atoms with Gasteiger partial charge < -0.3 is 14.8 Å². The number of benzene rings is 2. The van der Waals surface area contributed by atoms with E-state index in [0.29, 0.717) is 11.3 Å². The van der Waals surface area contributed by atoms with Crippen LogP contribution in [0.2, 0.25) is 0 Å². The van der Waals surface area contributed by atoms with Crippen LogP contribution in [0.15, 0.2) is 47.4 Å². The van der Waals surface area contributed by atoms with Gasteiger partial charge in [-0.25, -0.2) is 12.8 Å². The Morgan fingerprint density at radius 3 is 2.36 bits per heavy atom. The normalized spacial score (nSPS) is 11.0. The van der Waals surface area contributed by atoms with Gasteiger partial charge >= 0.3 is 5.97 Å². The number of ether oxygens (including phenoxy) is 2. The lowest BCUT2D eigenvalue weighted by molar-refractivity contribution is -0.143. The molecule has 2 rings (SSSR count). The van der Waals surface area contributed by atoms with Crippen molar-refractivity contribution < 1.29 is 31.9 Å². The van der Waals surface area contributed by atoms with E-state index in [0.717, 1.165) is 6.07 Å². The van der Waals surface area contributed by atoms with Crippen LogP contribution in [-0.2, 0) is 31.0 Å². The van der Waals surface area contributed by atoms with Crippen molar-refractivity contribution in [3.05, 3.63) is 53.8 Å². The lowest BCUT2D eigenvalue weighted by Gasteiger charge is -2.09. The zero-order valence-corrected chi connectivity index (χ0v) is 16.0. The Kier molecular flexibility index (Phi) is 7.07. The molecule has 0 aliphatic heterocycles. The van der Waals surface area contributed by atoms with E-state index in [1.807, 2.05) is 0 Å². The molecule has 0 fully saturated rings. The molecule has 0 saturated heterocycles. The van der Waals surface area contributed by atoms with Gasteiger partial charge in [0.05, 0.1) is 12.0 Å². The Morgan fingerprint density at radius 1 is 1.11 bits per heavy atom. The predicted octanol–water partition coefficient (Wildman–Crippen LogP) is 1.81.